The molecule has 0 spiro atoms. The lowest BCUT2D eigenvalue weighted by Gasteiger charge is -2.26. The van der Waals surface area contributed by atoms with E-state index in [9.17, 15) is 13.2 Å². The Kier molecular flexibility index (Phi) is 6.89. The Morgan fingerprint density at radius 2 is 2.03 bits per heavy atom. The molecular formula is C21H27N5O4S2. The quantitative estimate of drug-likeness (QED) is 0.535. The molecule has 3 aromatic rings. The molecule has 0 saturated carbocycles. The first-order valence-electron chi connectivity index (χ1n) is 10.7. The van der Waals surface area contributed by atoms with Crippen molar-refractivity contribution in [2.45, 2.75) is 44.6 Å². The zero-order valence-electron chi connectivity index (χ0n) is 18.2. The summed E-state index contributed by atoms with van der Waals surface area (Å²) in [5.74, 6) is 0.651. The van der Waals surface area contributed by atoms with Crippen LogP contribution in [-0.4, -0.2) is 59.5 Å². The molecule has 1 N–H and O–H groups in total. The van der Waals surface area contributed by atoms with Crippen LogP contribution in [0, 0.1) is 6.92 Å². The van der Waals surface area contributed by atoms with Crippen LogP contribution in [-0.2, 0) is 32.5 Å². The SMILES string of the molecule is CCCn1c(CCC(=O)Nc2nc(C)cs2)nc2cc(S(=O)(=O)N3CCOCC3)ccc21. The van der Waals surface area contributed by atoms with E-state index in [1.54, 1.807) is 12.1 Å². The highest BCUT2D eigenvalue weighted by atomic mass is 32.2. The lowest BCUT2D eigenvalue weighted by Crippen LogP contribution is -2.40. The average Bonchev–Trinajstić information content (AvgIpc) is 3.35. The molecule has 0 aliphatic carbocycles. The summed E-state index contributed by atoms with van der Waals surface area (Å²) >= 11 is 1.40. The third-order valence-corrected chi connectivity index (χ3v) is 8.07. The minimum atomic E-state index is -3.59. The number of hydrogen-bond acceptors (Lipinski definition) is 7. The van der Waals surface area contributed by atoms with Gasteiger partial charge in [0.05, 0.1) is 34.8 Å². The predicted octanol–water partition coefficient (Wildman–Crippen LogP) is 2.80. The van der Waals surface area contributed by atoms with Crippen LogP contribution in [0.5, 0.6) is 0 Å². The number of benzene rings is 1. The summed E-state index contributed by atoms with van der Waals surface area (Å²) in [6.07, 6.45) is 1.62. The molecule has 3 heterocycles. The van der Waals surface area contributed by atoms with Crippen molar-refractivity contribution >= 4 is 43.4 Å². The smallest absolute Gasteiger partial charge is 0.243 e. The van der Waals surface area contributed by atoms with E-state index < -0.39 is 10.0 Å². The summed E-state index contributed by atoms with van der Waals surface area (Å²) in [4.78, 5) is 21.5. The fourth-order valence-electron chi connectivity index (χ4n) is 3.74. The fourth-order valence-corrected chi connectivity index (χ4v) is 5.87. The molecule has 1 aliphatic rings. The molecule has 9 nitrogen and oxygen atoms in total. The number of amides is 1. The van der Waals surface area contributed by atoms with Crippen molar-refractivity contribution in [2.75, 3.05) is 31.6 Å². The lowest BCUT2D eigenvalue weighted by atomic mass is 10.2. The number of nitrogens with zero attached hydrogens (tertiary/aromatic N) is 4. The first-order valence-corrected chi connectivity index (χ1v) is 13.0. The molecular weight excluding hydrogens is 450 g/mol. The number of imidazole rings is 1. The maximum absolute atomic E-state index is 13.0. The summed E-state index contributed by atoms with van der Waals surface area (Å²) in [6, 6.07) is 5.09. The molecule has 0 bridgehead atoms. The van der Waals surface area contributed by atoms with Gasteiger partial charge in [-0.2, -0.15) is 4.31 Å². The summed E-state index contributed by atoms with van der Waals surface area (Å²) in [5, 5.41) is 5.30. The Labute approximate surface area is 191 Å². The van der Waals surface area contributed by atoms with Crippen LogP contribution in [0.2, 0.25) is 0 Å². The van der Waals surface area contributed by atoms with Gasteiger partial charge in [0.1, 0.15) is 5.82 Å². The summed E-state index contributed by atoms with van der Waals surface area (Å²) in [7, 11) is -3.59. The lowest BCUT2D eigenvalue weighted by molar-refractivity contribution is -0.116. The summed E-state index contributed by atoms with van der Waals surface area (Å²) < 4.78 is 34.8. The molecule has 2 aromatic heterocycles. The number of hydrogen-bond donors (Lipinski definition) is 1. The molecule has 0 radical (unpaired) electrons. The van der Waals surface area contributed by atoms with Crippen molar-refractivity contribution < 1.29 is 17.9 Å². The van der Waals surface area contributed by atoms with E-state index in [1.165, 1.54) is 15.6 Å². The number of fused-ring (bicyclic) bond motifs is 1. The van der Waals surface area contributed by atoms with Crippen LogP contribution >= 0.6 is 11.3 Å². The number of sulfonamides is 1. The van der Waals surface area contributed by atoms with Gasteiger partial charge < -0.3 is 14.6 Å². The molecule has 4 rings (SSSR count). The number of carbonyl (C=O) groups excluding carboxylic acids is 1. The predicted molar refractivity (Wildman–Crippen MR) is 123 cm³/mol. The van der Waals surface area contributed by atoms with Gasteiger partial charge in [-0.15, -0.1) is 11.3 Å². The normalized spacial score (nSPS) is 15.3. The summed E-state index contributed by atoms with van der Waals surface area (Å²) in [6.45, 7) is 6.21. The van der Waals surface area contributed by atoms with Crippen LogP contribution in [0.25, 0.3) is 11.0 Å². The second-order valence-electron chi connectivity index (χ2n) is 7.69. The second kappa shape index (κ2) is 9.65. The van der Waals surface area contributed by atoms with Crippen LogP contribution in [0.1, 0.15) is 31.3 Å². The fraction of sp³-hybridized carbons (Fsp3) is 0.476. The van der Waals surface area contributed by atoms with Crippen molar-refractivity contribution in [3.05, 3.63) is 35.1 Å². The number of nitrogens with one attached hydrogen (secondary N) is 1. The van der Waals surface area contributed by atoms with Gasteiger partial charge in [-0.25, -0.2) is 18.4 Å². The third kappa shape index (κ3) is 4.85. The molecule has 0 atom stereocenters. The first kappa shape index (κ1) is 22.8. The molecule has 1 amide bonds. The Balaban J connectivity index is 1.55. The van der Waals surface area contributed by atoms with E-state index in [1.807, 2.05) is 18.4 Å². The largest absolute Gasteiger partial charge is 0.379 e. The molecule has 1 aromatic carbocycles. The van der Waals surface area contributed by atoms with Gasteiger partial charge in [-0.1, -0.05) is 6.92 Å². The number of anilines is 1. The van der Waals surface area contributed by atoms with Crippen molar-refractivity contribution in [2.24, 2.45) is 0 Å². The molecule has 1 saturated heterocycles. The van der Waals surface area contributed by atoms with Gasteiger partial charge in [-0.05, 0) is 31.5 Å². The maximum Gasteiger partial charge on any atom is 0.243 e. The second-order valence-corrected chi connectivity index (χ2v) is 10.5. The first-order chi connectivity index (χ1) is 15.4. The van der Waals surface area contributed by atoms with Crippen molar-refractivity contribution in [3.63, 3.8) is 0 Å². The van der Waals surface area contributed by atoms with Gasteiger partial charge >= 0.3 is 0 Å². The van der Waals surface area contributed by atoms with E-state index in [4.69, 9.17) is 9.72 Å². The zero-order valence-corrected chi connectivity index (χ0v) is 19.8. The third-order valence-electron chi connectivity index (χ3n) is 5.29. The van der Waals surface area contributed by atoms with E-state index in [0.717, 1.165) is 30.0 Å². The van der Waals surface area contributed by atoms with E-state index in [-0.39, 0.29) is 17.2 Å². The number of ether oxygens (including phenoxy) is 1. The minimum Gasteiger partial charge on any atom is -0.379 e. The molecule has 11 heteroatoms. The Morgan fingerprint density at radius 3 is 2.72 bits per heavy atom. The molecule has 172 valence electrons. The number of thiazole rings is 1. The van der Waals surface area contributed by atoms with Gasteiger partial charge in [0.2, 0.25) is 15.9 Å². The average molecular weight is 478 g/mol. The topological polar surface area (TPSA) is 106 Å². The monoisotopic (exact) mass is 477 g/mol. The maximum atomic E-state index is 13.0. The van der Waals surface area contributed by atoms with Crippen LogP contribution in [0.3, 0.4) is 0 Å². The molecule has 1 aliphatic heterocycles. The Morgan fingerprint density at radius 1 is 1.25 bits per heavy atom. The Hall–Kier alpha value is -2.34. The zero-order chi connectivity index (χ0) is 22.7. The minimum absolute atomic E-state index is 0.120. The Bertz CT molecular complexity index is 1210. The molecule has 1 fully saturated rings. The summed E-state index contributed by atoms with van der Waals surface area (Å²) in [5.41, 5.74) is 2.37. The van der Waals surface area contributed by atoms with Gasteiger partial charge in [-0.3, -0.25) is 4.79 Å². The van der Waals surface area contributed by atoms with Gasteiger partial charge in [0, 0.05) is 37.9 Å². The van der Waals surface area contributed by atoms with Gasteiger partial charge in [0.25, 0.3) is 0 Å². The number of morpholine rings is 1. The number of carbonyl (C=O) groups is 1. The number of rotatable bonds is 8. The van der Waals surface area contributed by atoms with E-state index in [2.05, 4.69) is 21.8 Å². The molecule has 32 heavy (non-hydrogen) atoms. The van der Waals surface area contributed by atoms with Crippen LogP contribution < -0.4 is 5.32 Å². The van der Waals surface area contributed by atoms with Crippen LogP contribution in [0.15, 0.2) is 28.5 Å². The molecule has 0 unspecified atom stereocenters. The highest BCUT2D eigenvalue weighted by molar-refractivity contribution is 7.89. The highest BCUT2D eigenvalue weighted by Crippen LogP contribution is 2.24. The van der Waals surface area contributed by atoms with Crippen molar-refractivity contribution in [3.8, 4) is 0 Å². The van der Waals surface area contributed by atoms with Gasteiger partial charge in [0.15, 0.2) is 5.13 Å². The van der Waals surface area contributed by atoms with Crippen molar-refractivity contribution in [1.29, 1.82) is 0 Å². The highest BCUT2D eigenvalue weighted by Gasteiger charge is 2.27. The van der Waals surface area contributed by atoms with Crippen molar-refractivity contribution in [1.82, 2.24) is 18.8 Å². The number of aryl methyl sites for hydroxylation is 3. The standard InChI is InChI=1S/C21H27N5O4S2/c1-3-8-26-18-5-4-16(32(28,29)25-9-11-30-12-10-25)13-17(18)23-19(26)6-7-20(27)24-21-22-15(2)14-31-21/h4-5,13-14H,3,6-12H2,1-2H3,(H,22,24,27). The van der Waals surface area contributed by atoms with E-state index in [0.29, 0.717) is 43.4 Å². The van der Waals surface area contributed by atoms with E-state index >= 15 is 0 Å². The van der Waals surface area contributed by atoms with Crippen LogP contribution in [0.4, 0.5) is 5.13 Å². The number of aromatic nitrogens is 3.